The van der Waals surface area contributed by atoms with E-state index in [1.54, 1.807) is 11.8 Å². The van der Waals surface area contributed by atoms with E-state index in [4.69, 9.17) is 4.74 Å². The zero-order chi connectivity index (χ0) is 16.1. The standard InChI is InChI=1S/C13H20N4O5/c1-2-22-13(21)16-5-3-9(4-6-16)15-10(18)8-17-11(19)7-14-12(17)20/h9H,2-8H2,1H3,(H,14,20)(H,15,18). The number of carbonyl (C=O) groups excluding carboxylic acids is 4. The molecule has 0 aromatic rings. The molecule has 2 heterocycles. The van der Waals surface area contributed by atoms with Crippen LogP contribution in [0.3, 0.4) is 0 Å². The minimum atomic E-state index is -0.544. The average molecular weight is 312 g/mol. The second-order valence-corrected chi connectivity index (χ2v) is 5.17. The average Bonchev–Trinajstić information content (AvgIpc) is 2.80. The fraction of sp³-hybridized carbons (Fsp3) is 0.692. The molecule has 9 heteroatoms. The summed E-state index contributed by atoms with van der Waals surface area (Å²) in [5.74, 6) is -0.780. The molecule has 0 aliphatic carbocycles. The van der Waals surface area contributed by atoms with Crippen LogP contribution in [0.15, 0.2) is 0 Å². The molecule has 2 rings (SSSR count). The van der Waals surface area contributed by atoms with E-state index in [9.17, 15) is 19.2 Å². The summed E-state index contributed by atoms with van der Waals surface area (Å²) in [5.41, 5.74) is 0. The highest BCUT2D eigenvalue weighted by atomic mass is 16.6. The molecule has 2 fully saturated rings. The van der Waals surface area contributed by atoms with E-state index < -0.39 is 11.9 Å². The SMILES string of the molecule is CCOC(=O)N1CCC(NC(=O)CN2C(=O)CNC2=O)CC1. The quantitative estimate of drug-likeness (QED) is 0.666. The fourth-order valence-corrected chi connectivity index (χ4v) is 2.45. The predicted molar refractivity (Wildman–Crippen MR) is 74.9 cm³/mol. The van der Waals surface area contributed by atoms with Gasteiger partial charge < -0.3 is 20.3 Å². The molecule has 22 heavy (non-hydrogen) atoms. The molecule has 2 aliphatic heterocycles. The van der Waals surface area contributed by atoms with Crippen molar-refractivity contribution in [3.63, 3.8) is 0 Å². The number of hydrogen-bond donors (Lipinski definition) is 2. The summed E-state index contributed by atoms with van der Waals surface area (Å²) < 4.78 is 4.92. The van der Waals surface area contributed by atoms with Gasteiger partial charge in [-0.3, -0.25) is 14.5 Å². The van der Waals surface area contributed by atoms with Crippen molar-refractivity contribution in [2.24, 2.45) is 0 Å². The van der Waals surface area contributed by atoms with Gasteiger partial charge in [-0.1, -0.05) is 0 Å². The third-order valence-corrected chi connectivity index (χ3v) is 3.62. The van der Waals surface area contributed by atoms with E-state index in [0.29, 0.717) is 32.5 Å². The van der Waals surface area contributed by atoms with E-state index in [1.807, 2.05) is 0 Å². The van der Waals surface area contributed by atoms with Crippen molar-refractivity contribution in [2.45, 2.75) is 25.8 Å². The van der Waals surface area contributed by atoms with Gasteiger partial charge in [-0.2, -0.15) is 0 Å². The highest BCUT2D eigenvalue weighted by Gasteiger charge is 2.31. The normalized spacial score (nSPS) is 19.1. The van der Waals surface area contributed by atoms with Gasteiger partial charge in [-0.25, -0.2) is 9.59 Å². The molecule has 0 aromatic carbocycles. The number of amides is 5. The number of carbonyl (C=O) groups is 4. The van der Waals surface area contributed by atoms with E-state index in [-0.39, 0.29) is 31.1 Å². The van der Waals surface area contributed by atoms with E-state index in [1.165, 1.54) is 0 Å². The Bertz CT molecular complexity index is 457. The van der Waals surface area contributed by atoms with Gasteiger partial charge in [0.05, 0.1) is 13.2 Å². The Morgan fingerprint density at radius 1 is 1.32 bits per heavy atom. The van der Waals surface area contributed by atoms with Crippen LogP contribution in [-0.4, -0.2) is 72.6 Å². The molecule has 5 amide bonds. The Kier molecular flexibility index (Phi) is 5.18. The Balaban J connectivity index is 1.74. The van der Waals surface area contributed by atoms with Crippen LogP contribution in [0.25, 0.3) is 0 Å². The second kappa shape index (κ2) is 7.10. The lowest BCUT2D eigenvalue weighted by Gasteiger charge is -2.31. The van der Waals surface area contributed by atoms with Gasteiger partial charge in [0.15, 0.2) is 0 Å². The highest BCUT2D eigenvalue weighted by molar-refractivity contribution is 6.04. The van der Waals surface area contributed by atoms with Gasteiger partial charge in [0.25, 0.3) is 5.91 Å². The van der Waals surface area contributed by atoms with Gasteiger partial charge in [-0.15, -0.1) is 0 Å². The summed E-state index contributed by atoms with van der Waals surface area (Å²) in [6, 6.07) is -0.615. The van der Waals surface area contributed by atoms with Crippen LogP contribution in [0.4, 0.5) is 9.59 Å². The van der Waals surface area contributed by atoms with Gasteiger partial charge in [-0.05, 0) is 19.8 Å². The van der Waals surface area contributed by atoms with Crippen molar-refractivity contribution in [3.05, 3.63) is 0 Å². The largest absolute Gasteiger partial charge is 0.450 e. The number of hydrogen-bond acceptors (Lipinski definition) is 5. The fourth-order valence-electron chi connectivity index (χ4n) is 2.45. The number of urea groups is 1. The molecule has 122 valence electrons. The Labute approximate surface area is 127 Å². The third-order valence-electron chi connectivity index (χ3n) is 3.62. The van der Waals surface area contributed by atoms with Crippen LogP contribution < -0.4 is 10.6 Å². The van der Waals surface area contributed by atoms with Crippen molar-refractivity contribution >= 4 is 23.9 Å². The molecule has 0 aromatic heterocycles. The molecule has 2 saturated heterocycles. The van der Waals surface area contributed by atoms with Gasteiger partial charge in [0.1, 0.15) is 6.54 Å². The smallest absolute Gasteiger partial charge is 0.409 e. The topological polar surface area (TPSA) is 108 Å². The molecule has 2 N–H and O–H groups in total. The lowest BCUT2D eigenvalue weighted by Crippen LogP contribution is -2.49. The van der Waals surface area contributed by atoms with Crippen LogP contribution in [0, 0.1) is 0 Å². The first-order valence-electron chi connectivity index (χ1n) is 7.30. The molecule has 0 unspecified atom stereocenters. The van der Waals surface area contributed by atoms with Crippen LogP contribution in [0.1, 0.15) is 19.8 Å². The number of rotatable bonds is 4. The first kappa shape index (κ1) is 16.1. The minimum Gasteiger partial charge on any atom is -0.450 e. The first-order chi connectivity index (χ1) is 10.5. The van der Waals surface area contributed by atoms with E-state index in [0.717, 1.165) is 4.90 Å². The molecule has 0 spiro atoms. The molecule has 0 radical (unpaired) electrons. The Hall–Kier alpha value is -2.32. The molecule has 2 aliphatic rings. The lowest BCUT2D eigenvalue weighted by atomic mass is 10.1. The van der Waals surface area contributed by atoms with Gasteiger partial charge >= 0.3 is 12.1 Å². The third kappa shape index (κ3) is 3.86. The lowest BCUT2D eigenvalue weighted by molar-refractivity contribution is -0.131. The maximum Gasteiger partial charge on any atom is 0.409 e. The number of likely N-dealkylation sites (tertiary alicyclic amines) is 1. The van der Waals surface area contributed by atoms with Gasteiger partial charge in [0, 0.05) is 19.1 Å². The maximum atomic E-state index is 11.9. The van der Waals surface area contributed by atoms with Crippen molar-refractivity contribution in [2.75, 3.05) is 32.8 Å². The zero-order valence-corrected chi connectivity index (χ0v) is 12.5. The Morgan fingerprint density at radius 3 is 2.55 bits per heavy atom. The number of imide groups is 1. The van der Waals surface area contributed by atoms with Crippen molar-refractivity contribution in [3.8, 4) is 0 Å². The zero-order valence-electron chi connectivity index (χ0n) is 12.5. The minimum absolute atomic E-state index is 0.0654. The molecule has 0 bridgehead atoms. The summed E-state index contributed by atoms with van der Waals surface area (Å²) in [5, 5.41) is 5.14. The van der Waals surface area contributed by atoms with Crippen molar-refractivity contribution in [1.29, 1.82) is 0 Å². The molecule has 0 saturated carbocycles. The molecular formula is C13H20N4O5. The number of ether oxygens (including phenoxy) is 1. The molecule has 9 nitrogen and oxygen atoms in total. The van der Waals surface area contributed by atoms with Crippen LogP contribution in [0.2, 0.25) is 0 Å². The van der Waals surface area contributed by atoms with Crippen LogP contribution in [-0.2, 0) is 14.3 Å². The number of nitrogens with zero attached hydrogens (tertiary/aromatic N) is 2. The first-order valence-corrected chi connectivity index (χ1v) is 7.30. The predicted octanol–water partition coefficient (Wildman–Crippen LogP) is -0.725. The summed E-state index contributed by atoms with van der Waals surface area (Å²) in [4.78, 5) is 48.7. The second-order valence-electron chi connectivity index (χ2n) is 5.17. The number of nitrogens with one attached hydrogen (secondary N) is 2. The van der Waals surface area contributed by atoms with Crippen LogP contribution >= 0.6 is 0 Å². The van der Waals surface area contributed by atoms with Crippen LogP contribution in [0.5, 0.6) is 0 Å². The summed E-state index contributed by atoms with van der Waals surface area (Å²) in [7, 11) is 0. The summed E-state index contributed by atoms with van der Waals surface area (Å²) in [6.07, 6.45) is 0.890. The van der Waals surface area contributed by atoms with Gasteiger partial charge in [0.2, 0.25) is 5.91 Å². The van der Waals surface area contributed by atoms with E-state index in [2.05, 4.69) is 10.6 Å². The summed E-state index contributed by atoms with van der Waals surface area (Å²) in [6.45, 7) is 2.76. The summed E-state index contributed by atoms with van der Waals surface area (Å²) >= 11 is 0. The molecule has 0 atom stereocenters. The van der Waals surface area contributed by atoms with E-state index >= 15 is 0 Å². The highest BCUT2D eigenvalue weighted by Crippen LogP contribution is 2.11. The monoisotopic (exact) mass is 312 g/mol. The van der Waals surface area contributed by atoms with Crippen molar-refractivity contribution in [1.82, 2.24) is 20.4 Å². The maximum absolute atomic E-state index is 11.9. The molecular weight excluding hydrogens is 292 g/mol. The van der Waals surface area contributed by atoms with Crippen molar-refractivity contribution < 1.29 is 23.9 Å². The Morgan fingerprint density at radius 2 is 2.00 bits per heavy atom. The number of piperidine rings is 1.